The van der Waals surface area contributed by atoms with Gasteiger partial charge in [0.1, 0.15) is 11.5 Å². The summed E-state index contributed by atoms with van der Waals surface area (Å²) in [6, 6.07) is 17.8. The molecular formula is C23H28N4O3. The van der Waals surface area contributed by atoms with Gasteiger partial charge in [-0.2, -0.15) is 5.10 Å². The number of H-pyrrole nitrogens is 1. The van der Waals surface area contributed by atoms with Crippen LogP contribution in [0.15, 0.2) is 54.6 Å². The lowest BCUT2D eigenvalue weighted by Gasteiger charge is -2.15. The maximum absolute atomic E-state index is 12.3. The molecule has 7 nitrogen and oxygen atoms in total. The summed E-state index contributed by atoms with van der Waals surface area (Å²) in [5, 5.41) is 10.0. The number of aryl methyl sites for hydroxylation is 2. The normalized spacial score (nSPS) is 10.8. The second-order valence-electron chi connectivity index (χ2n) is 7.21. The Morgan fingerprint density at radius 3 is 2.37 bits per heavy atom. The Hall–Kier alpha value is -3.32. The highest BCUT2D eigenvalue weighted by Gasteiger charge is 2.10. The van der Waals surface area contributed by atoms with Crippen molar-refractivity contribution in [2.75, 3.05) is 33.1 Å². The molecule has 0 fully saturated rings. The van der Waals surface area contributed by atoms with E-state index in [1.165, 1.54) is 5.56 Å². The number of carbonyl (C=O) groups is 1. The van der Waals surface area contributed by atoms with Crippen LogP contribution in [0.3, 0.4) is 0 Å². The van der Waals surface area contributed by atoms with E-state index in [1.807, 2.05) is 66.5 Å². The smallest absolute Gasteiger partial charge is 0.239 e. The lowest BCUT2D eigenvalue weighted by molar-refractivity contribution is -0.117. The van der Waals surface area contributed by atoms with Gasteiger partial charge >= 0.3 is 0 Å². The van der Waals surface area contributed by atoms with Crippen LogP contribution < -0.4 is 14.8 Å². The number of nitrogens with zero attached hydrogens (tertiary/aromatic N) is 2. The van der Waals surface area contributed by atoms with E-state index in [0.717, 1.165) is 35.6 Å². The average Bonchev–Trinajstić information content (AvgIpc) is 3.19. The molecule has 1 aromatic heterocycles. The molecule has 0 saturated carbocycles. The highest BCUT2D eigenvalue weighted by molar-refractivity contribution is 5.91. The van der Waals surface area contributed by atoms with E-state index in [-0.39, 0.29) is 5.91 Å². The summed E-state index contributed by atoms with van der Waals surface area (Å²) in [7, 11) is 5.20. The molecular weight excluding hydrogens is 380 g/mol. The van der Waals surface area contributed by atoms with Gasteiger partial charge < -0.3 is 14.8 Å². The number of aromatic nitrogens is 2. The third-order valence-electron chi connectivity index (χ3n) is 4.70. The van der Waals surface area contributed by atoms with E-state index in [4.69, 9.17) is 9.47 Å². The SMILES string of the molecule is COc1cc(CCc2cc(NC(=O)CN(C)Cc3ccccc3)n[nH]2)cc(OC)c1. The molecule has 2 N–H and O–H groups in total. The fraction of sp³-hybridized carbons (Fsp3) is 0.304. The molecule has 3 aromatic rings. The van der Waals surface area contributed by atoms with Crippen molar-refractivity contribution in [3.63, 3.8) is 0 Å². The molecule has 0 unspecified atom stereocenters. The predicted molar refractivity (Wildman–Crippen MR) is 117 cm³/mol. The van der Waals surface area contributed by atoms with Crippen molar-refractivity contribution in [1.29, 1.82) is 0 Å². The molecule has 0 saturated heterocycles. The molecule has 0 bridgehead atoms. The van der Waals surface area contributed by atoms with Crippen LogP contribution in [0.2, 0.25) is 0 Å². The van der Waals surface area contributed by atoms with Crippen molar-refractivity contribution in [2.45, 2.75) is 19.4 Å². The number of nitrogens with one attached hydrogen (secondary N) is 2. The molecule has 0 atom stereocenters. The summed E-state index contributed by atoms with van der Waals surface area (Å²) in [5.74, 6) is 1.97. The fourth-order valence-corrected chi connectivity index (χ4v) is 3.22. The number of rotatable bonds is 10. The van der Waals surface area contributed by atoms with E-state index >= 15 is 0 Å². The van der Waals surface area contributed by atoms with Crippen LogP contribution in [0.1, 0.15) is 16.8 Å². The number of hydrogen-bond acceptors (Lipinski definition) is 5. The summed E-state index contributed by atoms with van der Waals surface area (Å²) < 4.78 is 10.6. The molecule has 0 aliphatic rings. The Bertz CT molecular complexity index is 934. The molecule has 1 amide bonds. The van der Waals surface area contributed by atoms with Gasteiger partial charge in [0.25, 0.3) is 0 Å². The number of carbonyl (C=O) groups excluding carboxylic acids is 1. The first-order valence-corrected chi connectivity index (χ1v) is 9.84. The summed E-state index contributed by atoms with van der Waals surface area (Å²) in [6.45, 7) is 1.00. The van der Waals surface area contributed by atoms with Crippen molar-refractivity contribution in [3.05, 3.63) is 71.4 Å². The molecule has 7 heteroatoms. The summed E-state index contributed by atoms with van der Waals surface area (Å²) in [6.07, 6.45) is 1.55. The van der Waals surface area contributed by atoms with E-state index < -0.39 is 0 Å². The minimum absolute atomic E-state index is 0.0935. The van der Waals surface area contributed by atoms with Gasteiger partial charge in [-0.25, -0.2) is 0 Å². The topological polar surface area (TPSA) is 79.5 Å². The first-order valence-electron chi connectivity index (χ1n) is 9.84. The van der Waals surface area contributed by atoms with Crippen molar-refractivity contribution in [2.24, 2.45) is 0 Å². The highest BCUT2D eigenvalue weighted by atomic mass is 16.5. The lowest BCUT2D eigenvalue weighted by atomic mass is 10.1. The standard InChI is InChI=1S/C23H28N4O3/c1-27(15-17-7-5-4-6-8-17)16-23(28)24-22-13-19(25-26-22)10-9-18-11-20(29-2)14-21(12-18)30-3/h4-8,11-14H,9-10,15-16H2,1-3H3,(H2,24,25,26,28). The van der Waals surface area contributed by atoms with Crippen LogP contribution in [0.5, 0.6) is 11.5 Å². The number of ether oxygens (including phenoxy) is 2. The van der Waals surface area contributed by atoms with Crippen LogP contribution in [0, 0.1) is 0 Å². The molecule has 0 aliphatic carbocycles. The number of anilines is 1. The molecule has 0 spiro atoms. The Labute approximate surface area is 177 Å². The molecule has 158 valence electrons. The lowest BCUT2D eigenvalue weighted by Crippen LogP contribution is -2.29. The van der Waals surface area contributed by atoms with Crippen LogP contribution in [-0.4, -0.2) is 48.8 Å². The zero-order valence-corrected chi connectivity index (χ0v) is 17.6. The van der Waals surface area contributed by atoms with Crippen LogP contribution in [0.4, 0.5) is 5.82 Å². The predicted octanol–water partition coefficient (Wildman–Crippen LogP) is 3.28. The minimum Gasteiger partial charge on any atom is -0.497 e. The van der Waals surface area contributed by atoms with E-state index in [1.54, 1.807) is 14.2 Å². The molecule has 1 heterocycles. The molecule has 0 radical (unpaired) electrons. The van der Waals surface area contributed by atoms with E-state index in [2.05, 4.69) is 15.5 Å². The van der Waals surface area contributed by atoms with Gasteiger partial charge in [-0.3, -0.25) is 14.8 Å². The number of amides is 1. The van der Waals surface area contributed by atoms with Crippen LogP contribution in [0.25, 0.3) is 0 Å². The largest absolute Gasteiger partial charge is 0.497 e. The van der Waals surface area contributed by atoms with E-state index in [9.17, 15) is 4.79 Å². The first kappa shape index (κ1) is 21.4. The monoisotopic (exact) mass is 408 g/mol. The quantitative estimate of drug-likeness (QED) is 0.538. The fourth-order valence-electron chi connectivity index (χ4n) is 3.22. The van der Waals surface area contributed by atoms with Gasteiger partial charge in [-0.05, 0) is 43.1 Å². The Kier molecular flexibility index (Phi) is 7.45. The number of benzene rings is 2. The Morgan fingerprint density at radius 2 is 1.70 bits per heavy atom. The van der Waals surface area contributed by atoms with Gasteiger partial charge in [0, 0.05) is 24.4 Å². The van der Waals surface area contributed by atoms with Crippen molar-refractivity contribution in [3.8, 4) is 11.5 Å². The molecule has 0 aliphatic heterocycles. The number of methoxy groups -OCH3 is 2. The van der Waals surface area contributed by atoms with Gasteiger partial charge in [0.05, 0.1) is 20.8 Å². The second-order valence-corrected chi connectivity index (χ2v) is 7.21. The minimum atomic E-state index is -0.0935. The maximum atomic E-state index is 12.3. The van der Waals surface area contributed by atoms with Gasteiger partial charge in [-0.15, -0.1) is 0 Å². The molecule has 2 aromatic carbocycles. The van der Waals surface area contributed by atoms with Crippen LogP contribution >= 0.6 is 0 Å². The summed E-state index contributed by atoms with van der Waals surface area (Å²) >= 11 is 0. The zero-order chi connectivity index (χ0) is 21.3. The number of likely N-dealkylation sites (N-methyl/N-ethyl adjacent to an activating group) is 1. The van der Waals surface area contributed by atoms with Gasteiger partial charge in [0.15, 0.2) is 5.82 Å². The van der Waals surface area contributed by atoms with Gasteiger partial charge in [0.2, 0.25) is 5.91 Å². The van der Waals surface area contributed by atoms with Crippen molar-refractivity contribution < 1.29 is 14.3 Å². The molecule has 30 heavy (non-hydrogen) atoms. The Balaban J connectivity index is 1.49. The van der Waals surface area contributed by atoms with Crippen LogP contribution in [-0.2, 0) is 24.2 Å². The summed E-state index contributed by atoms with van der Waals surface area (Å²) in [5.41, 5.74) is 3.22. The maximum Gasteiger partial charge on any atom is 0.239 e. The third-order valence-corrected chi connectivity index (χ3v) is 4.70. The Morgan fingerprint density at radius 1 is 1.00 bits per heavy atom. The van der Waals surface area contributed by atoms with E-state index in [0.29, 0.717) is 18.9 Å². The second kappa shape index (κ2) is 10.5. The molecule has 3 rings (SSSR count). The average molecular weight is 409 g/mol. The van der Waals surface area contributed by atoms with Gasteiger partial charge in [-0.1, -0.05) is 30.3 Å². The summed E-state index contributed by atoms with van der Waals surface area (Å²) in [4.78, 5) is 14.3. The number of aromatic amines is 1. The third kappa shape index (κ3) is 6.35. The zero-order valence-electron chi connectivity index (χ0n) is 17.6. The van der Waals surface area contributed by atoms with Crippen molar-refractivity contribution >= 4 is 11.7 Å². The highest BCUT2D eigenvalue weighted by Crippen LogP contribution is 2.23. The first-order chi connectivity index (χ1) is 14.6. The van der Waals surface area contributed by atoms with Crippen molar-refractivity contribution in [1.82, 2.24) is 15.1 Å². The number of hydrogen-bond donors (Lipinski definition) is 2.